The molecule has 19 heavy (non-hydrogen) atoms. The summed E-state index contributed by atoms with van der Waals surface area (Å²) in [5.74, 6) is 0. The minimum absolute atomic E-state index is 0.331. The van der Waals surface area contributed by atoms with Crippen molar-refractivity contribution >= 4 is 27.3 Å². The SMILES string of the molecule is CCc1cccc(Cl)c1NS(=O)(=O)c1ncncn1. The smallest absolute Gasteiger partial charge is 0.275 e. The molecule has 0 aliphatic carbocycles. The van der Waals surface area contributed by atoms with Gasteiger partial charge in [0.1, 0.15) is 12.7 Å². The van der Waals surface area contributed by atoms with E-state index in [-0.39, 0.29) is 5.16 Å². The van der Waals surface area contributed by atoms with Crippen LogP contribution in [0.15, 0.2) is 36.0 Å². The summed E-state index contributed by atoms with van der Waals surface area (Å²) in [6.45, 7) is 1.91. The number of rotatable bonds is 4. The van der Waals surface area contributed by atoms with E-state index in [9.17, 15) is 8.42 Å². The lowest BCUT2D eigenvalue weighted by atomic mass is 10.1. The zero-order valence-electron chi connectivity index (χ0n) is 10.0. The second-order valence-electron chi connectivity index (χ2n) is 3.65. The van der Waals surface area contributed by atoms with Crippen molar-refractivity contribution in [2.75, 3.05) is 4.72 Å². The Bertz CT molecular complexity index is 676. The predicted molar refractivity (Wildman–Crippen MR) is 71.5 cm³/mol. The molecule has 0 radical (unpaired) electrons. The summed E-state index contributed by atoms with van der Waals surface area (Å²) in [4.78, 5) is 10.8. The molecule has 0 atom stereocenters. The Kier molecular flexibility index (Phi) is 3.96. The third-order valence-electron chi connectivity index (χ3n) is 2.43. The van der Waals surface area contributed by atoms with Crippen LogP contribution in [0.4, 0.5) is 5.69 Å². The van der Waals surface area contributed by atoms with Gasteiger partial charge < -0.3 is 0 Å². The summed E-state index contributed by atoms with van der Waals surface area (Å²) in [5.41, 5.74) is 1.15. The highest BCUT2D eigenvalue weighted by Gasteiger charge is 2.20. The van der Waals surface area contributed by atoms with Crippen molar-refractivity contribution in [3.05, 3.63) is 41.4 Å². The highest BCUT2D eigenvalue weighted by atomic mass is 35.5. The Morgan fingerprint density at radius 3 is 2.58 bits per heavy atom. The average Bonchev–Trinajstić information content (AvgIpc) is 2.42. The molecule has 0 bridgehead atoms. The van der Waals surface area contributed by atoms with Gasteiger partial charge in [-0.25, -0.2) is 15.0 Å². The van der Waals surface area contributed by atoms with E-state index in [4.69, 9.17) is 11.6 Å². The number of hydrogen-bond donors (Lipinski definition) is 1. The molecule has 6 nitrogen and oxygen atoms in total. The van der Waals surface area contributed by atoms with Crippen LogP contribution in [0.5, 0.6) is 0 Å². The molecule has 0 aliphatic rings. The highest BCUT2D eigenvalue weighted by molar-refractivity contribution is 7.92. The van der Waals surface area contributed by atoms with Crippen molar-refractivity contribution < 1.29 is 8.42 Å². The summed E-state index contributed by atoms with van der Waals surface area (Å²) in [5, 5.41) is -0.0125. The maximum atomic E-state index is 12.1. The molecule has 8 heteroatoms. The van der Waals surface area contributed by atoms with E-state index in [0.29, 0.717) is 17.1 Å². The van der Waals surface area contributed by atoms with Crippen LogP contribution in [0.1, 0.15) is 12.5 Å². The number of nitrogens with zero attached hydrogens (tertiary/aromatic N) is 3. The minimum atomic E-state index is -3.87. The summed E-state index contributed by atoms with van der Waals surface area (Å²) >= 11 is 6.02. The summed E-state index contributed by atoms with van der Waals surface area (Å²) in [6.07, 6.45) is 2.89. The molecule has 0 amide bonds. The molecule has 2 aromatic rings. The quantitative estimate of drug-likeness (QED) is 0.931. The van der Waals surface area contributed by atoms with E-state index in [1.807, 2.05) is 6.92 Å². The molecule has 1 aromatic carbocycles. The lowest BCUT2D eigenvalue weighted by Gasteiger charge is -2.12. The topological polar surface area (TPSA) is 84.8 Å². The van der Waals surface area contributed by atoms with Crippen molar-refractivity contribution in [3.8, 4) is 0 Å². The molecule has 0 spiro atoms. The maximum absolute atomic E-state index is 12.1. The molecular weight excluding hydrogens is 288 g/mol. The van der Waals surface area contributed by atoms with E-state index in [2.05, 4.69) is 19.7 Å². The van der Waals surface area contributed by atoms with E-state index >= 15 is 0 Å². The van der Waals surface area contributed by atoms with Crippen molar-refractivity contribution in [3.63, 3.8) is 0 Å². The molecule has 0 saturated carbocycles. The molecule has 1 N–H and O–H groups in total. The number of benzene rings is 1. The Balaban J connectivity index is 2.42. The monoisotopic (exact) mass is 298 g/mol. The van der Waals surface area contributed by atoms with Gasteiger partial charge in [0.05, 0.1) is 10.7 Å². The van der Waals surface area contributed by atoms with Gasteiger partial charge in [-0.15, -0.1) is 0 Å². The lowest BCUT2D eigenvalue weighted by molar-refractivity contribution is 0.591. The number of sulfonamides is 1. The summed E-state index contributed by atoms with van der Waals surface area (Å²) < 4.78 is 26.6. The van der Waals surface area contributed by atoms with Gasteiger partial charge in [-0.3, -0.25) is 4.72 Å². The van der Waals surface area contributed by atoms with Crippen LogP contribution in [0.2, 0.25) is 5.02 Å². The normalized spacial score (nSPS) is 11.3. The van der Waals surface area contributed by atoms with Crippen LogP contribution in [-0.4, -0.2) is 23.4 Å². The number of aryl methyl sites for hydroxylation is 1. The molecular formula is C11H11ClN4O2S. The van der Waals surface area contributed by atoms with Crippen molar-refractivity contribution in [1.82, 2.24) is 15.0 Å². The Morgan fingerprint density at radius 2 is 1.95 bits per heavy atom. The van der Waals surface area contributed by atoms with Gasteiger partial charge in [0.2, 0.25) is 0 Å². The molecule has 2 rings (SSSR count). The molecule has 0 aliphatic heterocycles. The lowest BCUT2D eigenvalue weighted by Crippen LogP contribution is -2.17. The van der Waals surface area contributed by atoms with Crippen molar-refractivity contribution in [2.45, 2.75) is 18.5 Å². The number of nitrogens with one attached hydrogen (secondary N) is 1. The average molecular weight is 299 g/mol. The number of hydrogen-bond acceptors (Lipinski definition) is 5. The van der Waals surface area contributed by atoms with Gasteiger partial charge in [0.25, 0.3) is 15.2 Å². The van der Waals surface area contributed by atoms with Crippen LogP contribution in [-0.2, 0) is 16.4 Å². The first-order valence-electron chi connectivity index (χ1n) is 5.47. The fourth-order valence-electron chi connectivity index (χ4n) is 1.53. The maximum Gasteiger partial charge on any atom is 0.297 e. The second-order valence-corrected chi connectivity index (χ2v) is 5.64. The van der Waals surface area contributed by atoms with Gasteiger partial charge in [-0.2, -0.15) is 8.42 Å². The Morgan fingerprint density at radius 1 is 1.26 bits per heavy atom. The Hall–Kier alpha value is -1.73. The molecule has 1 aromatic heterocycles. The fraction of sp³-hybridized carbons (Fsp3) is 0.182. The number of anilines is 1. The van der Waals surface area contributed by atoms with E-state index in [1.165, 1.54) is 0 Å². The number of aromatic nitrogens is 3. The zero-order chi connectivity index (χ0) is 13.9. The molecule has 0 fully saturated rings. The van der Waals surface area contributed by atoms with Crippen LogP contribution in [0.25, 0.3) is 0 Å². The van der Waals surface area contributed by atoms with Gasteiger partial charge >= 0.3 is 0 Å². The fourth-order valence-corrected chi connectivity index (χ4v) is 2.80. The van der Waals surface area contributed by atoms with E-state index in [1.54, 1.807) is 18.2 Å². The third-order valence-corrected chi connectivity index (χ3v) is 3.91. The Labute approximate surface area is 115 Å². The van der Waals surface area contributed by atoms with Gasteiger partial charge in [-0.05, 0) is 18.1 Å². The largest absolute Gasteiger partial charge is 0.297 e. The van der Waals surface area contributed by atoms with Crippen molar-refractivity contribution in [1.29, 1.82) is 0 Å². The van der Waals surface area contributed by atoms with E-state index in [0.717, 1.165) is 18.2 Å². The third kappa shape index (κ3) is 2.99. The molecule has 0 unspecified atom stereocenters. The summed E-state index contributed by atoms with van der Waals surface area (Å²) in [7, 11) is -3.87. The van der Waals surface area contributed by atoms with E-state index < -0.39 is 10.0 Å². The van der Waals surface area contributed by atoms with Crippen LogP contribution < -0.4 is 4.72 Å². The standard InChI is InChI=1S/C11H11ClN4O2S/c1-2-8-4-3-5-9(12)10(8)16-19(17,18)11-14-6-13-7-15-11/h3-7,16H,2H2,1H3. The predicted octanol–water partition coefficient (Wildman–Crippen LogP) is 1.89. The van der Waals surface area contributed by atoms with Crippen LogP contribution in [0, 0.1) is 0 Å². The summed E-state index contributed by atoms with van der Waals surface area (Å²) in [6, 6.07) is 5.19. The highest BCUT2D eigenvalue weighted by Crippen LogP contribution is 2.28. The number of halogens is 1. The van der Waals surface area contributed by atoms with Crippen molar-refractivity contribution in [2.24, 2.45) is 0 Å². The first-order valence-corrected chi connectivity index (χ1v) is 7.33. The second kappa shape index (κ2) is 5.50. The molecule has 100 valence electrons. The zero-order valence-corrected chi connectivity index (χ0v) is 11.6. The minimum Gasteiger partial charge on any atom is -0.275 e. The van der Waals surface area contributed by atoms with Gasteiger partial charge in [0, 0.05) is 0 Å². The molecule has 0 saturated heterocycles. The molecule has 1 heterocycles. The van der Waals surface area contributed by atoms with Crippen LogP contribution in [0.3, 0.4) is 0 Å². The first-order chi connectivity index (χ1) is 9.04. The number of para-hydroxylation sites is 1. The first kappa shape index (κ1) is 13.7. The van der Waals surface area contributed by atoms with Crippen LogP contribution >= 0.6 is 11.6 Å². The van der Waals surface area contributed by atoms with Gasteiger partial charge in [-0.1, -0.05) is 30.7 Å². The van der Waals surface area contributed by atoms with Gasteiger partial charge in [0.15, 0.2) is 0 Å².